The van der Waals surface area contributed by atoms with Gasteiger partial charge in [0, 0.05) is 15.8 Å². The first kappa shape index (κ1) is 25.0. The number of nitrogens with zero attached hydrogens (tertiary/aromatic N) is 1. The van der Waals surface area contributed by atoms with Crippen molar-refractivity contribution in [3.05, 3.63) is 81.5 Å². The molecule has 0 bridgehead atoms. The average Bonchev–Trinajstić information content (AvgIpc) is 3.15. The van der Waals surface area contributed by atoms with Crippen LogP contribution in [-0.4, -0.2) is 34.7 Å². The van der Waals surface area contributed by atoms with E-state index in [2.05, 4.69) is 5.32 Å². The number of amides is 3. The maximum absolute atomic E-state index is 13.8. The molecular weight excluding hydrogens is 492 g/mol. The van der Waals surface area contributed by atoms with Crippen LogP contribution < -0.4 is 11.1 Å². The van der Waals surface area contributed by atoms with E-state index in [1.807, 2.05) is 30.5 Å². The molecule has 1 aromatic heterocycles. The molecule has 3 atom stereocenters. The molecule has 3 N–H and O–H groups in total. The minimum Gasteiger partial charge on any atom is -0.323 e. The SMILES string of the molecule is Cc1csc([C@H]2Sc3ccccc3NC(=O)[C@H]2N(C(=O)Cc2cc(F)cc(F)c2)C(=O)[C@H](C)N)c1. The Morgan fingerprint density at radius 2 is 1.83 bits per heavy atom. The van der Waals surface area contributed by atoms with Crippen molar-refractivity contribution in [2.45, 2.75) is 42.5 Å². The molecule has 0 radical (unpaired) electrons. The lowest BCUT2D eigenvalue weighted by molar-refractivity contribution is -0.151. The van der Waals surface area contributed by atoms with E-state index in [4.69, 9.17) is 5.73 Å². The Morgan fingerprint density at radius 3 is 2.46 bits per heavy atom. The fourth-order valence-corrected chi connectivity index (χ4v) is 6.35. The number of para-hydroxylation sites is 1. The van der Waals surface area contributed by atoms with Gasteiger partial charge in [0.2, 0.25) is 17.7 Å². The Balaban J connectivity index is 1.80. The van der Waals surface area contributed by atoms with Gasteiger partial charge in [0.15, 0.2) is 0 Å². The third-order valence-electron chi connectivity index (χ3n) is 5.44. The highest BCUT2D eigenvalue weighted by atomic mass is 32.2. The van der Waals surface area contributed by atoms with E-state index in [-0.39, 0.29) is 5.56 Å². The molecule has 0 saturated heterocycles. The smallest absolute Gasteiger partial charge is 0.249 e. The third-order valence-corrected chi connectivity index (χ3v) is 8.10. The molecule has 4 rings (SSSR count). The maximum Gasteiger partial charge on any atom is 0.249 e. The number of benzene rings is 2. The van der Waals surface area contributed by atoms with Crippen LogP contribution in [0.2, 0.25) is 0 Å². The van der Waals surface area contributed by atoms with E-state index >= 15 is 0 Å². The van der Waals surface area contributed by atoms with Gasteiger partial charge in [0.1, 0.15) is 17.7 Å². The van der Waals surface area contributed by atoms with Gasteiger partial charge in [-0.25, -0.2) is 8.78 Å². The van der Waals surface area contributed by atoms with E-state index in [0.717, 1.165) is 32.4 Å². The molecule has 0 spiro atoms. The maximum atomic E-state index is 13.8. The first-order valence-electron chi connectivity index (χ1n) is 10.8. The van der Waals surface area contributed by atoms with Gasteiger partial charge < -0.3 is 11.1 Å². The number of nitrogens with two attached hydrogens (primary N) is 1. The molecule has 182 valence electrons. The standard InChI is InChI=1S/C25H23F2N3O3S2/c1-13-7-20(34-12-13)23-22(24(32)29-18-5-3-4-6-19(18)35-23)30(25(33)14(2)28)21(31)10-15-8-16(26)11-17(27)9-15/h3-9,11-12,14,22-23H,10,28H2,1-2H3,(H,29,32)/t14-,22-,23+/m0/s1. The van der Waals surface area contributed by atoms with Crippen molar-refractivity contribution in [2.75, 3.05) is 5.32 Å². The zero-order chi connectivity index (χ0) is 25.3. The molecule has 0 aliphatic carbocycles. The van der Waals surface area contributed by atoms with E-state index < -0.39 is 53.1 Å². The Labute approximate surface area is 209 Å². The van der Waals surface area contributed by atoms with Gasteiger partial charge in [-0.15, -0.1) is 23.1 Å². The Hall–Kier alpha value is -3.08. The highest BCUT2D eigenvalue weighted by Gasteiger charge is 2.44. The summed E-state index contributed by atoms with van der Waals surface area (Å²) < 4.78 is 27.5. The van der Waals surface area contributed by atoms with Crippen molar-refractivity contribution >= 4 is 46.5 Å². The van der Waals surface area contributed by atoms with E-state index in [1.54, 1.807) is 12.1 Å². The van der Waals surface area contributed by atoms with Crippen molar-refractivity contribution in [1.29, 1.82) is 0 Å². The van der Waals surface area contributed by atoms with Crippen LogP contribution in [0.15, 0.2) is 58.8 Å². The molecule has 0 saturated carbocycles. The molecule has 1 aliphatic heterocycles. The van der Waals surface area contributed by atoms with Gasteiger partial charge >= 0.3 is 0 Å². The van der Waals surface area contributed by atoms with Crippen molar-refractivity contribution in [2.24, 2.45) is 5.73 Å². The second kappa shape index (κ2) is 10.3. The summed E-state index contributed by atoms with van der Waals surface area (Å²) >= 11 is 2.78. The minimum atomic E-state index is -1.24. The fraction of sp³-hybridized carbons (Fsp3) is 0.240. The number of carbonyl (C=O) groups excluding carboxylic acids is 3. The zero-order valence-corrected chi connectivity index (χ0v) is 20.6. The van der Waals surface area contributed by atoms with Gasteiger partial charge in [-0.1, -0.05) is 12.1 Å². The van der Waals surface area contributed by atoms with Crippen molar-refractivity contribution < 1.29 is 23.2 Å². The molecule has 2 aromatic carbocycles. The summed E-state index contributed by atoms with van der Waals surface area (Å²) in [6.07, 6.45) is -0.481. The molecule has 2 heterocycles. The van der Waals surface area contributed by atoms with E-state index in [1.165, 1.54) is 30.0 Å². The molecule has 0 fully saturated rings. The Kier molecular flexibility index (Phi) is 7.34. The number of fused-ring (bicyclic) bond motifs is 1. The summed E-state index contributed by atoms with van der Waals surface area (Å²) in [5.41, 5.74) is 7.47. The van der Waals surface area contributed by atoms with Gasteiger partial charge in [0.05, 0.1) is 23.4 Å². The van der Waals surface area contributed by atoms with Crippen LogP contribution in [0.4, 0.5) is 14.5 Å². The molecule has 3 aromatic rings. The van der Waals surface area contributed by atoms with Crippen LogP contribution in [-0.2, 0) is 20.8 Å². The molecule has 3 amide bonds. The monoisotopic (exact) mass is 515 g/mol. The number of thioether (sulfide) groups is 1. The highest BCUT2D eigenvalue weighted by molar-refractivity contribution is 8.00. The Morgan fingerprint density at radius 1 is 1.14 bits per heavy atom. The van der Waals surface area contributed by atoms with Crippen LogP contribution in [0.5, 0.6) is 0 Å². The minimum absolute atomic E-state index is 0.0449. The van der Waals surface area contributed by atoms with Gasteiger partial charge in [-0.2, -0.15) is 0 Å². The first-order valence-corrected chi connectivity index (χ1v) is 12.6. The zero-order valence-electron chi connectivity index (χ0n) is 19.0. The second-order valence-corrected chi connectivity index (χ2v) is 10.5. The van der Waals surface area contributed by atoms with Gasteiger partial charge in [-0.3, -0.25) is 19.3 Å². The Bertz CT molecular complexity index is 1270. The fourth-order valence-electron chi connectivity index (χ4n) is 3.89. The van der Waals surface area contributed by atoms with E-state index in [0.29, 0.717) is 11.8 Å². The number of hydrogen-bond acceptors (Lipinski definition) is 6. The molecule has 0 unspecified atom stereocenters. The van der Waals surface area contributed by atoms with Crippen LogP contribution in [0.25, 0.3) is 0 Å². The predicted molar refractivity (Wildman–Crippen MR) is 132 cm³/mol. The number of halogens is 2. The number of carbonyl (C=O) groups is 3. The van der Waals surface area contributed by atoms with Crippen LogP contribution in [0, 0.1) is 18.6 Å². The first-order chi connectivity index (χ1) is 16.6. The van der Waals surface area contributed by atoms with Crippen LogP contribution in [0.3, 0.4) is 0 Å². The predicted octanol–water partition coefficient (Wildman–Crippen LogP) is 4.43. The molecule has 10 heteroatoms. The highest BCUT2D eigenvalue weighted by Crippen LogP contribution is 2.47. The topological polar surface area (TPSA) is 92.5 Å². The number of aryl methyl sites for hydroxylation is 1. The second-order valence-electron chi connectivity index (χ2n) is 8.34. The summed E-state index contributed by atoms with van der Waals surface area (Å²) in [6.45, 7) is 3.34. The average molecular weight is 516 g/mol. The lowest BCUT2D eigenvalue weighted by Gasteiger charge is -2.33. The quantitative estimate of drug-likeness (QED) is 0.524. The van der Waals surface area contributed by atoms with Crippen molar-refractivity contribution in [1.82, 2.24) is 4.90 Å². The number of imide groups is 1. The molecule has 1 aliphatic rings. The van der Waals surface area contributed by atoms with Crippen molar-refractivity contribution in [3.63, 3.8) is 0 Å². The van der Waals surface area contributed by atoms with Crippen molar-refractivity contribution in [3.8, 4) is 0 Å². The number of hydrogen-bond donors (Lipinski definition) is 2. The van der Waals surface area contributed by atoms with E-state index in [9.17, 15) is 23.2 Å². The summed E-state index contributed by atoms with van der Waals surface area (Å²) in [5.74, 6) is -3.77. The summed E-state index contributed by atoms with van der Waals surface area (Å²) in [7, 11) is 0. The molecule has 6 nitrogen and oxygen atoms in total. The summed E-state index contributed by atoms with van der Waals surface area (Å²) in [4.78, 5) is 42.8. The molecule has 35 heavy (non-hydrogen) atoms. The largest absolute Gasteiger partial charge is 0.323 e. The van der Waals surface area contributed by atoms with Crippen LogP contribution in [0.1, 0.15) is 28.2 Å². The number of anilines is 1. The lowest BCUT2D eigenvalue weighted by Crippen LogP contribution is -2.56. The molecular formula is C25H23F2N3O3S2. The summed E-state index contributed by atoms with van der Waals surface area (Å²) in [6, 6.07) is 9.54. The lowest BCUT2D eigenvalue weighted by atomic mass is 10.0. The number of thiophene rings is 1. The third kappa shape index (κ3) is 5.44. The normalized spacial score (nSPS) is 18.3. The summed E-state index contributed by atoms with van der Waals surface area (Å²) in [5, 5.41) is 4.14. The van der Waals surface area contributed by atoms with Gasteiger partial charge in [0.25, 0.3) is 0 Å². The number of nitrogens with one attached hydrogen (secondary N) is 1. The van der Waals surface area contributed by atoms with Gasteiger partial charge in [-0.05, 0) is 60.7 Å². The van der Waals surface area contributed by atoms with Crippen LogP contribution >= 0.6 is 23.1 Å². The number of rotatable bonds is 5.